The van der Waals surface area contributed by atoms with Crippen molar-refractivity contribution in [2.45, 2.75) is 20.8 Å². The Labute approximate surface area is 197 Å². The molecule has 0 aliphatic rings. The molecule has 0 saturated carbocycles. The quantitative estimate of drug-likeness (QED) is 0.368. The van der Waals surface area contributed by atoms with Gasteiger partial charge in [-0.1, -0.05) is 48.5 Å². The van der Waals surface area contributed by atoms with E-state index in [1.165, 1.54) is 4.68 Å². The molecule has 2 aromatic heterocycles. The van der Waals surface area contributed by atoms with E-state index in [2.05, 4.69) is 10.4 Å². The molecule has 0 spiro atoms. The highest BCUT2D eigenvalue weighted by atomic mass is 16.1. The molecule has 0 radical (unpaired) electrons. The van der Waals surface area contributed by atoms with Gasteiger partial charge >= 0.3 is 0 Å². The summed E-state index contributed by atoms with van der Waals surface area (Å²) in [4.78, 5) is 22.9. The first kappa shape index (κ1) is 21.3. The SMILES string of the molecule is Cc1ccc(C)c(NC(=O)c2c(N)n(N=Cc3ccccc3C)c3nc4ccccc4nc23)c1. The number of nitrogen functional groups attached to an aromatic ring is 1. The van der Waals surface area contributed by atoms with Crippen LogP contribution in [0.5, 0.6) is 0 Å². The molecule has 2 heterocycles. The predicted octanol–water partition coefficient (Wildman–Crippen LogP) is 5.23. The van der Waals surface area contributed by atoms with Gasteiger partial charge < -0.3 is 11.1 Å². The molecule has 5 rings (SSSR count). The van der Waals surface area contributed by atoms with Crippen LogP contribution >= 0.6 is 0 Å². The van der Waals surface area contributed by atoms with Crippen molar-refractivity contribution in [3.63, 3.8) is 0 Å². The average Bonchev–Trinajstić information content (AvgIpc) is 3.09. The zero-order chi connectivity index (χ0) is 23.8. The summed E-state index contributed by atoms with van der Waals surface area (Å²) in [6, 6.07) is 21.3. The van der Waals surface area contributed by atoms with Crippen molar-refractivity contribution in [2.24, 2.45) is 5.10 Å². The number of aryl methyl sites for hydroxylation is 3. The summed E-state index contributed by atoms with van der Waals surface area (Å²) in [7, 11) is 0. The van der Waals surface area contributed by atoms with Gasteiger partial charge in [-0.3, -0.25) is 4.79 Å². The van der Waals surface area contributed by atoms with Gasteiger partial charge in [0.1, 0.15) is 16.9 Å². The topological polar surface area (TPSA) is 98.2 Å². The second-order valence-corrected chi connectivity index (χ2v) is 8.33. The first-order valence-corrected chi connectivity index (χ1v) is 11.0. The molecule has 0 aliphatic carbocycles. The van der Waals surface area contributed by atoms with E-state index in [-0.39, 0.29) is 17.3 Å². The summed E-state index contributed by atoms with van der Waals surface area (Å²) in [5.74, 6) is -0.177. The minimum atomic E-state index is -0.356. The highest BCUT2D eigenvalue weighted by Gasteiger charge is 2.24. The van der Waals surface area contributed by atoms with Crippen LogP contribution in [0.1, 0.15) is 32.6 Å². The van der Waals surface area contributed by atoms with Crippen LogP contribution in [0.15, 0.2) is 71.8 Å². The number of nitrogens with two attached hydrogens (primary N) is 1. The van der Waals surface area contributed by atoms with Crippen LogP contribution in [-0.2, 0) is 0 Å². The molecule has 168 valence electrons. The summed E-state index contributed by atoms with van der Waals surface area (Å²) in [6.45, 7) is 5.93. The highest BCUT2D eigenvalue weighted by Crippen LogP contribution is 2.29. The Morgan fingerprint density at radius 3 is 2.41 bits per heavy atom. The van der Waals surface area contributed by atoms with Gasteiger partial charge in [0.2, 0.25) is 0 Å². The fraction of sp³-hybridized carbons (Fsp3) is 0.111. The number of carbonyl (C=O) groups is 1. The number of aromatic nitrogens is 3. The van der Waals surface area contributed by atoms with E-state index in [9.17, 15) is 4.79 Å². The second kappa shape index (κ2) is 8.44. The number of carbonyl (C=O) groups excluding carboxylic acids is 1. The summed E-state index contributed by atoms with van der Waals surface area (Å²) in [5.41, 5.74) is 13.7. The van der Waals surface area contributed by atoms with Crippen LogP contribution in [0.3, 0.4) is 0 Å². The summed E-state index contributed by atoms with van der Waals surface area (Å²) >= 11 is 0. The van der Waals surface area contributed by atoms with Gasteiger partial charge in [-0.2, -0.15) is 9.78 Å². The molecular weight excluding hydrogens is 424 g/mol. The standard InChI is InChI=1S/C27H24N6O/c1-16-12-13-18(3)22(14-16)32-27(34)23-24-26(31-21-11-7-6-10-20(21)30-24)33(25(23)28)29-15-19-9-5-4-8-17(19)2/h4-15H,28H2,1-3H3,(H,32,34). The molecule has 0 saturated heterocycles. The number of benzene rings is 3. The number of hydrogen-bond acceptors (Lipinski definition) is 5. The Bertz CT molecular complexity index is 1600. The number of fused-ring (bicyclic) bond motifs is 2. The lowest BCUT2D eigenvalue weighted by atomic mass is 10.1. The molecule has 0 unspecified atom stereocenters. The van der Waals surface area contributed by atoms with Gasteiger partial charge in [0, 0.05) is 5.69 Å². The molecule has 7 nitrogen and oxygen atoms in total. The lowest BCUT2D eigenvalue weighted by Gasteiger charge is -2.09. The van der Waals surface area contributed by atoms with Crippen LogP contribution in [-0.4, -0.2) is 26.8 Å². The molecule has 7 heteroatoms. The molecule has 1 amide bonds. The zero-order valence-corrected chi connectivity index (χ0v) is 19.2. The van der Waals surface area contributed by atoms with Gasteiger partial charge in [0.05, 0.1) is 17.2 Å². The first-order valence-electron chi connectivity index (χ1n) is 11.0. The van der Waals surface area contributed by atoms with E-state index in [0.717, 1.165) is 27.9 Å². The molecule has 5 aromatic rings. The van der Waals surface area contributed by atoms with E-state index in [0.29, 0.717) is 22.2 Å². The van der Waals surface area contributed by atoms with Crippen LogP contribution in [0, 0.1) is 20.8 Å². The normalized spacial score (nSPS) is 11.5. The average molecular weight is 449 g/mol. The van der Waals surface area contributed by atoms with Crippen molar-refractivity contribution < 1.29 is 4.79 Å². The third-order valence-corrected chi connectivity index (χ3v) is 5.84. The second-order valence-electron chi connectivity index (χ2n) is 8.33. The van der Waals surface area contributed by atoms with Crippen LogP contribution in [0.2, 0.25) is 0 Å². The Morgan fingerprint density at radius 1 is 0.941 bits per heavy atom. The number of amides is 1. The van der Waals surface area contributed by atoms with Crippen molar-refractivity contribution in [1.29, 1.82) is 0 Å². The van der Waals surface area contributed by atoms with Crippen molar-refractivity contribution in [2.75, 3.05) is 11.1 Å². The smallest absolute Gasteiger partial charge is 0.261 e. The largest absolute Gasteiger partial charge is 0.383 e. The number of rotatable bonds is 4. The fourth-order valence-corrected chi connectivity index (χ4v) is 3.90. The first-order chi connectivity index (χ1) is 16.4. The molecule has 0 aliphatic heterocycles. The molecule has 0 atom stereocenters. The van der Waals surface area contributed by atoms with Crippen molar-refractivity contribution >= 4 is 45.8 Å². The minimum absolute atomic E-state index is 0.179. The maximum absolute atomic E-state index is 13.5. The fourth-order valence-electron chi connectivity index (χ4n) is 3.90. The Kier molecular flexibility index (Phi) is 5.30. The van der Waals surface area contributed by atoms with E-state index in [1.807, 2.05) is 87.5 Å². The summed E-state index contributed by atoms with van der Waals surface area (Å²) in [6.07, 6.45) is 1.72. The number of nitrogens with one attached hydrogen (secondary N) is 1. The van der Waals surface area contributed by atoms with E-state index in [4.69, 9.17) is 15.7 Å². The lowest BCUT2D eigenvalue weighted by Crippen LogP contribution is -2.15. The van der Waals surface area contributed by atoms with Crippen LogP contribution in [0.25, 0.3) is 22.2 Å². The summed E-state index contributed by atoms with van der Waals surface area (Å²) < 4.78 is 1.49. The number of anilines is 2. The third-order valence-electron chi connectivity index (χ3n) is 5.84. The maximum Gasteiger partial charge on any atom is 0.261 e. The zero-order valence-electron chi connectivity index (χ0n) is 19.2. The van der Waals surface area contributed by atoms with Gasteiger partial charge in [0.15, 0.2) is 5.65 Å². The number of nitrogens with zero attached hydrogens (tertiary/aromatic N) is 4. The van der Waals surface area contributed by atoms with Crippen LogP contribution in [0.4, 0.5) is 11.5 Å². The molecular formula is C27H24N6O. The molecule has 0 bridgehead atoms. The number of para-hydroxylation sites is 2. The van der Waals surface area contributed by atoms with Gasteiger partial charge in [-0.15, -0.1) is 0 Å². The minimum Gasteiger partial charge on any atom is -0.383 e. The molecule has 0 fully saturated rings. The van der Waals surface area contributed by atoms with Gasteiger partial charge in [0.25, 0.3) is 5.91 Å². The van der Waals surface area contributed by atoms with Crippen molar-refractivity contribution in [3.05, 3.63) is 94.5 Å². The van der Waals surface area contributed by atoms with E-state index < -0.39 is 0 Å². The van der Waals surface area contributed by atoms with Gasteiger partial charge in [-0.05, 0) is 61.2 Å². The molecule has 34 heavy (non-hydrogen) atoms. The van der Waals surface area contributed by atoms with E-state index >= 15 is 0 Å². The monoisotopic (exact) mass is 448 g/mol. The predicted molar refractivity (Wildman–Crippen MR) is 137 cm³/mol. The Balaban J connectivity index is 1.68. The molecule has 3 aromatic carbocycles. The number of hydrogen-bond donors (Lipinski definition) is 2. The maximum atomic E-state index is 13.5. The highest BCUT2D eigenvalue weighted by molar-refractivity contribution is 6.16. The Morgan fingerprint density at radius 2 is 1.65 bits per heavy atom. The van der Waals surface area contributed by atoms with E-state index in [1.54, 1.807) is 6.21 Å². The lowest BCUT2D eigenvalue weighted by molar-refractivity contribution is 0.102. The van der Waals surface area contributed by atoms with Crippen molar-refractivity contribution in [3.8, 4) is 0 Å². The third kappa shape index (κ3) is 3.77. The summed E-state index contributed by atoms with van der Waals surface area (Å²) in [5, 5.41) is 7.59. The van der Waals surface area contributed by atoms with Crippen molar-refractivity contribution in [1.82, 2.24) is 14.6 Å². The van der Waals surface area contributed by atoms with Crippen LogP contribution < -0.4 is 11.1 Å². The Hall–Kier alpha value is -4.52. The van der Waals surface area contributed by atoms with Gasteiger partial charge in [-0.25, -0.2) is 9.97 Å². The molecule has 3 N–H and O–H groups in total.